The van der Waals surface area contributed by atoms with E-state index in [0.717, 1.165) is 65.1 Å². The van der Waals surface area contributed by atoms with Gasteiger partial charge in [0.15, 0.2) is 5.88 Å². The maximum absolute atomic E-state index is 10.3. The fraction of sp³-hybridized carbons (Fsp3) is 0.348. The minimum absolute atomic E-state index is 0.152. The molecule has 0 bridgehead atoms. The molecule has 3 N–H and O–H groups in total. The summed E-state index contributed by atoms with van der Waals surface area (Å²) in [6.07, 6.45) is 1.74. The summed E-state index contributed by atoms with van der Waals surface area (Å²) in [5, 5.41) is 14.8. The number of likely N-dealkylation sites (N-methyl/N-ethyl adjacent to an activating group) is 1. The van der Waals surface area contributed by atoms with E-state index in [-0.39, 0.29) is 5.88 Å². The third-order valence-electron chi connectivity index (χ3n) is 5.24. The van der Waals surface area contributed by atoms with E-state index in [1.165, 1.54) is 0 Å². The number of aliphatic imine (C=N–C) groups is 1. The second-order valence-corrected chi connectivity index (χ2v) is 7.10. The smallest absolute Gasteiger partial charge is 0.198 e. The first kappa shape index (κ1) is 20.0. The van der Waals surface area contributed by atoms with E-state index >= 15 is 0 Å². The van der Waals surface area contributed by atoms with Gasteiger partial charge in [-0.2, -0.15) is 0 Å². The van der Waals surface area contributed by atoms with Crippen LogP contribution in [0.1, 0.15) is 30.5 Å². The highest BCUT2D eigenvalue weighted by Gasteiger charge is 2.10. The molecular weight excluding hydrogens is 348 g/mol. The molecule has 0 aliphatic heterocycles. The Bertz CT molecular complexity index is 970. The van der Waals surface area contributed by atoms with E-state index in [1.807, 2.05) is 31.2 Å². The lowest BCUT2D eigenvalue weighted by Crippen LogP contribution is -2.28. The minimum Gasteiger partial charge on any atom is -0.494 e. The van der Waals surface area contributed by atoms with Crippen molar-refractivity contribution in [3.8, 4) is 5.88 Å². The van der Waals surface area contributed by atoms with E-state index in [1.54, 1.807) is 6.21 Å². The molecule has 0 saturated heterocycles. The van der Waals surface area contributed by atoms with Gasteiger partial charge in [0, 0.05) is 35.9 Å². The Morgan fingerprint density at radius 2 is 1.89 bits per heavy atom. The average molecular weight is 379 g/mol. The van der Waals surface area contributed by atoms with Gasteiger partial charge < -0.3 is 20.3 Å². The predicted octanol–water partition coefficient (Wildman–Crippen LogP) is 4.99. The number of hydrogen-bond donors (Lipinski definition) is 3. The van der Waals surface area contributed by atoms with Crippen LogP contribution in [0.3, 0.4) is 0 Å². The number of hydrogen-bond acceptors (Lipinski definition) is 4. The zero-order chi connectivity index (χ0) is 20.1. The van der Waals surface area contributed by atoms with Crippen LogP contribution in [0.15, 0.2) is 41.4 Å². The molecule has 0 fully saturated rings. The van der Waals surface area contributed by atoms with Gasteiger partial charge in [-0.05, 0) is 62.3 Å². The lowest BCUT2D eigenvalue weighted by Gasteiger charge is -2.19. The van der Waals surface area contributed by atoms with Crippen molar-refractivity contribution in [2.45, 2.75) is 27.7 Å². The Labute approximate surface area is 167 Å². The third-order valence-corrected chi connectivity index (χ3v) is 5.24. The Morgan fingerprint density at radius 1 is 1.11 bits per heavy atom. The van der Waals surface area contributed by atoms with Crippen molar-refractivity contribution in [2.75, 3.05) is 31.5 Å². The van der Waals surface area contributed by atoms with E-state index < -0.39 is 0 Å². The zero-order valence-corrected chi connectivity index (χ0v) is 17.2. The molecule has 0 atom stereocenters. The van der Waals surface area contributed by atoms with Crippen LogP contribution >= 0.6 is 0 Å². The zero-order valence-electron chi connectivity index (χ0n) is 17.2. The topological polar surface area (TPSA) is 63.6 Å². The minimum atomic E-state index is 0.152. The second kappa shape index (κ2) is 8.93. The van der Waals surface area contributed by atoms with Crippen molar-refractivity contribution in [1.82, 2.24) is 9.88 Å². The van der Waals surface area contributed by atoms with Crippen LogP contribution in [0.2, 0.25) is 0 Å². The van der Waals surface area contributed by atoms with Gasteiger partial charge in [0.05, 0.1) is 11.3 Å². The lowest BCUT2D eigenvalue weighted by molar-refractivity contribution is 0.316. The number of H-pyrrole nitrogens is 1. The molecule has 148 valence electrons. The first-order chi connectivity index (χ1) is 13.5. The summed E-state index contributed by atoms with van der Waals surface area (Å²) in [7, 11) is 0. The third kappa shape index (κ3) is 4.37. The molecule has 2 aromatic carbocycles. The number of rotatable bonds is 8. The number of anilines is 1. The number of aromatic amines is 1. The summed E-state index contributed by atoms with van der Waals surface area (Å²) < 4.78 is 0. The van der Waals surface area contributed by atoms with Gasteiger partial charge in [-0.1, -0.05) is 26.0 Å². The Hall–Kier alpha value is -2.79. The van der Waals surface area contributed by atoms with Gasteiger partial charge in [-0.15, -0.1) is 0 Å². The number of aromatic nitrogens is 1. The summed E-state index contributed by atoms with van der Waals surface area (Å²) in [6, 6.07) is 12.1. The highest BCUT2D eigenvalue weighted by Crippen LogP contribution is 2.29. The molecule has 0 unspecified atom stereocenters. The van der Waals surface area contributed by atoms with Gasteiger partial charge in [0.1, 0.15) is 0 Å². The molecule has 0 aliphatic carbocycles. The fourth-order valence-corrected chi connectivity index (χ4v) is 3.52. The number of benzene rings is 2. The molecule has 28 heavy (non-hydrogen) atoms. The van der Waals surface area contributed by atoms with Crippen molar-refractivity contribution in [3.05, 3.63) is 53.1 Å². The largest absolute Gasteiger partial charge is 0.494 e. The van der Waals surface area contributed by atoms with Crippen LogP contribution in [0.25, 0.3) is 10.9 Å². The van der Waals surface area contributed by atoms with Gasteiger partial charge in [-0.25, -0.2) is 0 Å². The fourth-order valence-electron chi connectivity index (χ4n) is 3.52. The highest BCUT2D eigenvalue weighted by molar-refractivity contribution is 6.04. The van der Waals surface area contributed by atoms with Crippen molar-refractivity contribution in [1.29, 1.82) is 0 Å². The maximum Gasteiger partial charge on any atom is 0.198 e. The van der Waals surface area contributed by atoms with Crippen molar-refractivity contribution in [2.24, 2.45) is 4.99 Å². The van der Waals surface area contributed by atoms with Crippen LogP contribution < -0.4 is 5.32 Å². The molecule has 1 aromatic heterocycles. The number of aromatic hydroxyl groups is 1. The monoisotopic (exact) mass is 378 g/mol. The number of aryl methyl sites for hydroxylation is 2. The summed E-state index contributed by atoms with van der Waals surface area (Å²) in [6.45, 7) is 12.6. The molecular formula is C23H30N4O. The average Bonchev–Trinajstić information content (AvgIpc) is 3.01. The molecule has 0 amide bonds. The summed E-state index contributed by atoms with van der Waals surface area (Å²) in [5.41, 5.74) is 5.93. The van der Waals surface area contributed by atoms with E-state index in [2.05, 4.69) is 53.1 Å². The summed E-state index contributed by atoms with van der Waals surface area (Å²) in [4.78, 5) is 10.0. The van der Waals surface area contributed by atoms with E-state index in [4.69, 9.17) is 0 Å². The molecule has 0 aliphatic rings. The predicted molar refractivity (Wildman–Crippen MR) is 119 cm³/mol. The number of nitrogens with one attached hydrogen (secondary N) is 2. The Morgan fingerprint density at radius 3 is 2.61 bits per heavy atom. The first-order valence-electron chi connectivity index (χ1n) is 9.94. The van der Waals surface area contributed by atoms with Crippen LogP contribution in [0.5, 0.6) is 5.88 Å². The van der Waals surface area contributed by atoms with Crippen molar-refractivity contribution in [3.63, 3.8) is 0 Å². The molecule has 0 spiro atoms. The number of nitrogens with zero attached hydrogens (tertiary/aromatic N) is 2. The van der Waals surface area contributed by atoms with E-state index in [9.17, 15) is 5.11 Å². The molecule has 3 aromatic rings. The molecule has 5 nitrogen and oxygen atoms in total. The second-order valence-electron chi connectivity index (χ2n) is 7.10. The standard InChI is InChI=1S/C23H30N4O/c1-5-27(6-2)13-12-24-20-11-10-18(14-17(20)4)25-15-19-22-16(3)8-7-9-21(22)26-23(19)28/h7-11,14-15,24,26,28H,5-6,12-13H2,1-4H3. The van der Waals surface area contributed by atoms with Crippen LogP contribution in [0.4, 0.5) is 11.4 Å². The van der Waals surface area contributed by atoms with Crippen molar-refractivity contribution >= 4 is 28.5 Å². The highest BCUT2D eigenvalue weighted by atomic mass is 16.3. The maximum atomic E-state index is 10.3. The van der Waals surface area contributed by atoms with Gasteiger partial charge in [0.2, 0.25) is 0 Å². The molecule has 5 heteroatoms. The van der Waals surface area contributed by atoms with Crippen LogP contribution in [0, 0.1) is 13.8 Å². The first-order valence-corrected chi connectivity index (χ1v) is 9.94. The molecule has 1 heterocycles. The van der Waals surface area contributed by atoms with Gasteiger partial charge in [-0.3, -0.25) is 4.99 Å². The van der Waals surface area contributed by atoms with E-state index in [0.29, 0.717) is 0 Å². The quantitative estimate of drug-likeness (QED) is 0.484. The van der Waals surface area contributed by atoms with Crippen LogP contribution in [-0.2, 0) is 0 Å². The number of fused-ring (bicyclic) bond motifs is 1. The molecule has 3 rings (SSSR count). The Kier molecular flexibility index (Phi) is 6.37. The normalized spacial score (nSPS) is 11.8. The van der Waals surface area contributed by atoms with Crippen molar-refractivity contribution < 1.29 is 5.11 Å². The Balaban J connectivity index is 1.74. The summed E-state index contributed by atoms with van der Waals surface area (Å²) >= 11 is 0. The molecule has 0 saturated carbocycles. The lowest BCUT2D eigenvalue weighted by atomic mass is 10.1. The van der Waals surface area contributed by atoms with Gasteiger partial charge in [0.25, 0.3) is 0 Å². The van der Waals surface area contributed by atoms with Crippen LogP contribution in [-0.4, -0.2) is 47.4 Å². The summed E-state index contributed by atoms with van der Waals surface area (Å²) in [5.74, 6) is 0.152. The SMILES string of the molecule is CCN(CC)CCNc1ccc(N=Cc2c(O)[nH]c3cccc(C)c23)cc1C. The molecule has 0 radical (unpaired) electrons. The van der Waals surface area contributed by atoms with Gasteiger partial charge >= 0.3 is 0 Å².